The third kappa shape index (κ3) is 2.41. The molecule has 0 amide bonds. The fourth-order valence-corrected chi connectivity index (χ4v) is 3.33. The minimum absolute atomic E-state index is 0.275. The molecule has 2 aromatic heterocycles. The van der Waals surface area contributed by atoms with Gasteiger partial charge in [-0.25, -0.2) is 9.97 Å². The highest BCUT2D eigenvalue weighted by atomic mass is 32.1. The van der Waals surface area contributed by atoms with Crippen LogP contribution in [-0.2, 0) is 0 Å². The third-order valence-corrected chi connectivity index (χ3v) is 4.44. The smallest absolute Gasteiger partial charge is 0.183 e. The Labute approximate surface area is 104 Å². The van der Waals surface area contributed by atoms with Crippen LogP contribution in [0.5, 0.6) is 0 Å². The number of rotatable bonds is 3. The van der Waals surface area contributed by atoms with Crippen molar-refractivity contribution in [3.05, 3.63) is 26.7 Å². The second kappa shape index (κ2) is 4.51. The number of nitrogens with zero attached hydrogens (tertiary/aromatic N) is 2. The maximum Gasteiger partial charge on any atom is 0.183 e. The summed E-state index contributed by atoms with van der Waals surface area (Å²) in [5.41, 5.74) is 2.19. The fraction of sp³-hybridized carbons (Fsp3) is 0.455. The molecule has 1 atom stereocenters. The van der Waals surface area contributed by atoms with Gasteiger partial charge in [-0.05, 0) is 27.7 Å². The van der Waals surface area contributed by atoms with Crippen LogP contribution in [0, 0.1) is 20.8 Å². The molecule has 0 saturated heterocycles. The van der Waals surface area contributed by atoms with Crippen LogP contribution in [0.25, 0.3) is 0 Å². The van der Waals surface area contributed by atoms with E-state index in [-0.39, 0.29) is 6.04 Å². The van der Waals surface area contributed by atoms with Crippen molar-refractivity contribution in [3.63, 3.8) is 0 Å². The second-order valence-corrected chi connectivity index (χ2v) is 5.94. The topological polar surface area (TPSA) is 37.8 Å². The van der Waals surface area contributed by atoms with E-state index in [1.54, 1.807) is 22.7 Å². The molecule has 2 rings (SSSR count). The number of nitrogens with one attached hydrogen (secondary N) is 1. The Bertz CT molecular complexity index is 487. The standard InChI is InChI=1S/C11H15N3S2/c1-6-5-15-11(12-6)14-8(3)10-7(2)13-9(4)16-10/h5,8H,1-4H3,(H,12,14). The van der Waals surface area contributed by atoms with Crippen LogP contribution in [-0.4, -0.2) is 9.97 Å². The Kier molecular flexibility index (Phi) is 3.25. The van der Waals surface area contributed by atoms with E-state index in [0.29, 0.717) is 0 Å². The van der Waals surface area contributed by atoms with Crippen molar-refractivity contribution in [1.29, 1.82) is 0 Å². The Morgan fingerprint density at radius 3 is 2.50 bits per heavy atom. The summed E-state index contributed by atoms with van der Waals surface area (Å²) in [5, 5.41) is 7.57. The first-order chi connectivity index (χ1) is 7.56. The minimum Gasteiger partial charge on any atom is -0.354 e. The summed E-state index contributed by atoms with van der Waals surface area (Å²) < 4.78 is 0. The Morgan fingerprint density at radius 2 is 2.00 bits per heavy atom. The van der Waals surface area contributed by atoms with Gasteiger partial charge < -0.3 is 5.32 Å². The van der Waals surface area contributed by atoms with E-state index in [1.807, 2.05) is 13.8 Å². The maximum atomic E-state index is 4.44. The molecular formula is C11H15N3S2. The number of aromatic nitrogens is 2. The van der Waals surface area contributed by atoms with Crippen molar-refractivity contribution < 1.29 is 0 Å². The van der Waals surface area contributed by atoms with Gasteiger partial charge in [0.05, 0.1) is 22.4 Å². The zero-order chi connectivity index (χ0) is 11.7. The number of hydrogen-bond donors (Lipinski definition) is 1. The molecule has 0 aliphatic rings. The second-order valence-electron chi connectivity index (χ2n) is 3.84. The average Bonchev–Trinajstić information content (AvgIpc) is 2.73. The Morgan fingerprint density at radius 1 is 1.25 bits per heavy atom. The summed E-state index contributed by atoms with van der Waals surface area (Å²) in [5.74, 6) is 0. The van der Waals surface area contributed by atoms with Gasteiger partial charge in [-0.2, -0.15) is 0 Å². The highest BCUT2D eigenvalue weighted by Gasteiger charge is 2.13. The molecule has 0 fully saturated rings. The Hall–Kier alpha value is -0.940. The fourth-order valence-electron chi connectivity index (χ4n) is 1.62. The van der Waals surface area contributed by atoms with Gasteiger partial charge >= 0.3 is 0 Å². The van der Waals surface area contributed by atoms with Gasteiger partial charge in [-0.3, -0.25) is 0 Å². The molecule has 0 saturated carbocycles. The lowest BCUT2D eigenvalue weighted by Crippen LogP contribution is -2.05. The molecule has 86 valence electrons. The monoisotopic (exact) mass is 253 g/mol. The van der Waals surface area contributed by atoms with Crippen LogP contribution in [0.4, 0.5) is 5.13 Å². The summed E-state index contributed by atoms with van der Waals surface area (Å²) in [6, 6.07) is 0.275. The first-order valence-corrected chi connectivity index (χ1v) is 6.88. The van der Waals surface area contributed by atoms with E-state index in [4.69, 9.17) is 0 Å². The summed E-state index contributed by atoms with van der Waals surface area (Å²) in [7, 11) is 0. The highest BCUT2D eigenvalue weighted by molar-refractivity contribution is 7.13. The van der Waals surface area contributed by atoms with Gasteiger partial charge in [0, 0.05) is 10.3 Å². The van der Waals surface area contributed by atoms with Gasteiger partial charge in [0.25, 0.3) is 0 Å². The van der Waals surface area contributed by atoms with Crippen molar-refractivity contribution in [2.24, 2.45) is 0 Å². The lowest BCUT2D eigenvalue weighted by atomic mass is 10.2. The number of anilines is 1. The zero-order valence-corrected chi connectivity index (χ0v) is 11.5. The van der Waals surface area contributed by atoms with E-state index in [0.717, 1.165) is 21.5 Å². The third-order valence-electron chi connectivity index (χ3n) is 2.29. The van der Waals surface area contributed by atoms with Gasteiger partial charge in [-0.15, -0.1) is 22.7 Å². The van der Waals surface area contributed by atoms with Crippen LogP contribution >= 0.6 is 22.7 Å². The molecule has 16 heavy (non-hydrogen) atoms. The van der Waals surface area contributed by atoms with Crippen LogP contribution in [0.3, 0.4) is 0 Å². The Balaban J connectivity index is 2.14. The van der Waals surface area contributed by atoms with Gasteiger partial charge in [0.15, 0.2) is 5.13 Å². The molecule has 0 aliphatic heterocycles. The van der Waals surface area contributed by atoms with Crippen molar-refractivity contribution in [2.45, 2.75) is 33.7 Å². The predicted molar refractivity (Wildman–Crippen MR) is 70.5 cm³/mol. The first kappa shape index (κ1) is 11.5. The van der Waals surface area contributed by atoms with E-state index in [9.17, 15) is 0 Å². The van der Waals surface area contributed by atoms with Crippen LogP contribution in [0.1, 0.15) is 34.2 Å². The number of thiazole rings is 2. The lowest BCUT2D eigenvalue weighted by Gasteiger charge is -2.11. The summed E-state index contributed by atoms with van der Waals surface area (Å²) >= 11 is 3.40. The minimum atomic E-state index is 0.275. The van der Waals surface area contributed by atoms with E-state index >= 15 is 0 Å². The van der Waals surface area contributed by atoms with Crippen molar-refractivity contribution in [1.82, 2.24) is 9.97 Å². The summed E-state index contributed by atoms with van der Waals surface area (Å²) in [6.07, 6.45) is 0. The molecule has 2 aromatic rings. The normalized spacial score (nSPS) is 12.8. The van der Waals surface area contributed by atoms with Crippen molar-refractivity contribution in [2.75, 3.05) is 5.32 Å². The molecule has 2 heterocycles. The number of aryl methyl sites for hydroxylation is 3. The van der Waals surface area contributed by atoms with Crippen LogP contribution < -0.4 is 5.32 Å². The SMILES string of the molecule is Cc1csc(NC(C)c2sc(C)nc2C)n1. The van der Waals surface area contributed by atoms with E-state index in [1.165, 1.54) is 4.88 Å². The molecule has 0 spiro atoms. The largest absolute Gasteiger partial charge is 0.354 e. The van der Waals surface area contributed by atoms with Crippen molar-refractivity contribution >= 4 is 27.8 Å². The van der Waals surface area contributed by atoms with Crippen LogP contribution in [0.2, 0.25) is 0 Å². The first-order valence-electron chi connectivity index (χ1n) is 5.19. The van der Waals surface area contributed by atoms with Gasteiger partial charge in [0.1, 0.15) is 0 Å². The van der Waals surface area contributed by atoms with Gasteiger partial charge in [0.2, 0.25) is 0 Å². The molecule has 3 nitrogen and oxygen atoms in total. The molecule has 0 radical (unpaired) electrons. The van der Waals surface area contributed by atoms with Gasteiger partial charge in [-0.1, -0.05) is 0 Å². The molecule has 0 bridgehead atoms. The quantitative estimate of drug-likeness (QED) is 0.906. The molecule has 1 N–H and O–H groups in total. The van der Waals surface area contributed by atoms with Crippen molar-refractivity contribution in [3.8, 4) is 0 Å². The van der Waals surface area contributed by atoms with E-state index < -0.39 is 0 Å². The van der Waals surface area contributed by atoms with E-state index in [2.05, 4.69) is 34.5 Å². The highest BCUT2D eigenvalue weighted by Crippen LogP contribution is 2.28. The summed E-state index contributed by atoms with van der Waals surface area (Å²) in [6.45, 7) is 8.26. The molecular weight excluding hydrogens is 238 g/mol. The predicted octanol–water partition coefficient (Wildman–Crippen LogP) is 3.70. The zero-order valence-electron chi connectivity index (χ0n) is 9.87. The number of hydrogen-bond acceptors (Lipinski definition) is 5. The molecule has 0 aliphatic carbocycles. The lowest BCUT2D eigenvalue weighted by molar-refractivity contribution is 0.885. The molecule has 0 aromatic carbocycles. The maximum absolute atomic E-state index is 4.44. The summed E-state index contributed by atoms with van der Waals surface area (Å²) in [4.78, 5) is 10.1. The average molecular weight is 253 g/mol. The van der Waals surface area contributed by atoms with Crippen LogP contribution in [0.15, 0.2) is 5.38 Å². The molecule has 5 heteroatoms. The molecule has 1 unspecified atom stereocenters.